The molecule has 0 aliphatic rings. The third kappa shape index (κ3) is 3.50. The molecule has 2 N–H and O–H groups in total. The van der Waals surface area contributed by atoms with Crippen molar-refractivity contribution < 1.29 is 9.47 Å². The van der Waals surface area contributed by atoms with E-state index in [1.807, 2.05) is 19.1 Å². The molecule has 2 rings (SSSR count). The summed E-state index contributed by atoms with van der Waals surface area (Å²) >= 11 is 0. The largest absolute Gasteiger partial charge is 0.490 e. The van der Waals surface area contributed by atoms with Gasteiger partial charge in [0.2, 0.25) is 0 Å². The van der Waals surface area contributed by atoms with Crippen LogP contribution in [0.25, 0.3) is 10.8 Å². The molecule has 0 radical (unpaired) electrons. The molecule has 0 heterocycles. The van der Waals surface area contributed by atoms with Gasteiger partial charge in [0.05, 0.1) is 6.61 Å². The Labute approximate surface area is 120 Å². The minimum absolute atomic E-state index is 0.0498. The predicted octanol–water partition coefficient (Wildman–Crippen LogP) is 3.66. The fourth-order valence-corrected chi connectivity index (χ4v) is 2.23. The van der Waals surface area contributed by atoms with Crippen molar-refractivity contribution >= 4 is 10.8 Å². The highest BCUT2D eigenvalue weighted by molar-refractivity contribution is 5.89. The normalized spacial score (nSPS) is 12.6. The highest BCUT2D eigenvalue weighted by Crippen LogP contribution is 2.32. The van der Waals surface area contributed by atoms with E-state index < -0.39 is 0 Å². The summed E-state index contributed by atoms with van der Waals surface area (Å²) in [7, 11) is 0. The van der Waals surface area contributed by atoms with Crippen molar-refractivity contribution in [2.75, 3.05) is 19.8 Å². The van der Waals surface area contributed by atoms with Crippen LogP contribution < -0.4 is 10.5 Å². The van der Waals surface area contributed by atoms with Crippen LogP contribution in [0.3, 0.4) is 0 Å². The van der Waals surface area contributed by atoms with Crippen LogP contribution in [-0.4, -0.2) is 19.8 Å². The molecule has 0 aliphatic carbocycles. The maximum absolute atomic E-state index is 6.05. The predicted molar refractivity (Wildman–Crippen MR) is 83.2 cm³/mol. The second kappa shape index (κ2) is 7.27. The molecule has 0 aromatic heterocycles. The lowest BCUT2D eigenvalue weighted by Crippen LogP contribution is -2.12. The van der Waals surface area contributed by atoms with E-state index in [0.717, 1.165) is 29.7 Å². The molecule has 0 spiro atoms. The van der Waals surface area contributed by atoms with Crippen LogP contribution in [0.5, 0.6) is 5.75 Å². The average Bonchev–Trinajstić information content (AvgIpc) is 2.46. The van der Waals surface area contributed by atoms with E-state index in [4.69, 9.17) is 15.2 Å². The highest BCUT2D eigenvalue weighted by atomic mass is 16.5. The fraction of sp³-hybridized carbons (Fsp3) is 0.412. The Morgan fingerprint density at radius 2 is 1.85 bits per heavy atom. The second-order valence-electron chi connectivity index (χ2n) is 4.95. The van der Waals surface area contributed by atoms with Crippen molar-refractivity contribution in [3.05, 3.63) is 42.0 Å². The van der Waals surface area contributed by atoms with Gasteiger partial charge in [-0.1, -0.05) is 43.3 Å². The first-order chi connectivity index (χ1) is 9.74. The second-order valence-corrected chi connectivity index (χ2v) is 4.95. The van der Waals surface area contributed by atoms with Gasteiger partial charge in [-0.3, -0.25) is 0 Å². The van der Waals surface area contributed by atoms with Crippen molar-refractivity contribution in [1.82, 2.24) is 0 Å². The first kappa shape index (κ1) is 14.8. The van der Waals surface area contributed by atoms with Crippen LogP contribution >= 0.6 is 0 Å². The van der Waals surface area contributed by atoms with Crippen molar-refractivity contribution in [2.24, 2.45) is 5.73 Å². The molecule has 2 aromatic rings. The quantitative estimate of drug-likeness (QED) is 0.783. The third-order valence-corrected chi connectivity index (χ3v) is 3.22. The van der Waals surface area contributed by atoms with E-state index in [-0.39, 0.29) is 6.04 Å². The lowest BCUT2D eigenvalue weighted by Gasteiger charge is -2.16. The van der Waals surface area contributed by atoms with Crippen LogP contribution in [0.15, 0.2) is 36.4 Å². The molecule has 1 atom stereocenters. The molecule has 0 saturated heterocycles. The van der Waals surface area contributed by atoms with E-state index in [2.05, 4.69) is 31.2 Å². The first-order valence-electron chi connectivity index (χ1n) is 7.21. The van der Waals surface area contributed by atoms with Gasteiger partial charge < -0.3 is 15.2 Å². The Balaban J connectivity index is 2.21. The summed E-state index contributed by atoms with van der Waals surface area (Å²) < 4.78 is 11.4. The maximum atomic E-state index is 6.05. The van der Waals surface area contributed by atoms with Gasteiger partial charge in [0, 0.05) is 23.6 Å². The topological polar surface area (TPSA) is 44.5 Å². The molecule has 0 aliphatic heterocycles. The van der Waals surface area contributed by atoms with Gasteiger partial charge in [0.15, 0.2) is 0 Å². The molecular weight excluding hydrogens is 250 g/mol. The number of nitrogens with two attached hydrogens (primary N) is 1. The summed E-state index contributed by atoms with van der Waals surface area (Å²) in [5.41, 5.74) is 7.09. The molecule has 1 unspecified atom stereocenters. The number of ether oxygens (including phenoxy) is 2. The van der Waals surface area contributed by atoms with Gasteiger partial charge in [-0.15, -0.1) is 0 Å². The SMILES string of the molecule is CCCOCCOc1c(C(C)N)ccc2ccccc12. The molecule has 3 heteroatoms. The fourth-order valence-electron chi connectivity index (χ4n) is 2.23. The van der Waals surface area contributed by atoms with Gasteiger partial charge in [0.25, 0.3) is 0 Å². The maximum Gasteiger partial charge on any atom is 0.131 e. The molecule has 20 heavy (non-hydrogen) atoms. The number of rotatable bonds is 7. The molecule has 3 nitrogen and oxygen atoms in total. The van der Waals surface area contributed by atoms with Crippen LogP contribution in [0.1, 0.15) is 31.9 Å². The van der Waals surface area contributed by atoms with Gasteiger partial charge >= 0.3 is 0 Å². The van der Waals surface area contributed by atoms with Gasteiger partial charge in [-0.25, -0.2) is 0 Å². The Morgan fingerprint density at radius 1 is 1.05 bits per heavy atom. The monoisotopic (exact) mass is 273 g/mol. The van der Waals surface area contributed by atoms with Crippen molar-refractivity contribution in [1.29, 1.82) is 0 Å². The summed E-state index contributed by atoms with van der Waals surface area (Å²) in [4.78, 5) is 0. The standard InChI is InChI=1S/C17H23NO2/c1-3-10-19-11-12-20-17-15(13(2)18)9-8-14-6-4-5-7-16(14)17/h4-9,13H,3,10-12,18H2,1-2H3. The van der Waals surface area contributed by atoms with E-state index in [1.54, 1.807) is 0 Å². The zero-order chi connectivity index (χ0) is 14.4. The number of hydrogen-bond acceptors (Lipinski definition) is 3. The Morgan fingerprint density at radius 3 is 2.60 bits per heavy atom. The summed E-state index contributed by atoms with van der Waals surface area (Å²) in [5.74, 6) is 0.887. The van der Waals surface area contributed by atoms with Gasteiger partial charge in [0.1, 0.15) is 12.4 Å². The summed E-state index contributed by atoms with van der Waals surface area (Å²) in [6.45, 7) is 6.01. The Bertz CT molecular complexity index is 552. The van der Waals surface area contributed by atoms with Crippen molar-refractivity contribution in [3.8, 4) is 5.75 Å². The third-order valence-electron chi connectivity index (χ3n) is 3.22. The zero-order valence-electron chi connectivity index (χ0n) is 12.3. The zero-order valence-corrected chi connectivity index (χ0v) is 12.3. The molecule has 108 valence electrons. The van der Waals surface area contributed by atoms with E-state index in [1.165, 1.54) is 5.39 Å². The van der Waals surface area contributed by atoms with E-state index in [0.29, 0.717) is 13.2 Å². The Kier molecular flexibility index (Phi) is 5.39. The number of hydrogen-bond donors (Lipinski definition) is 1. The summed E-state index contributed by atoms with van der Waals surface area (Å²) in [6, 6.07) is 12.3. The lowest BCUT2D eigenvalue weighted by atomic mass is 10.0. The van der Waals surface area contributed by atoms with Crippen molar-refractivity contribution in [3.63, 3.8) is 0 Å². The van der Waals surface area contributed by atoms with Gasteiger partial charge in [-0.2, -0.15) is 0 Å². The molecule has 0 bridgehead atoms. The van der Waals surface area contributed by atoms with Crippen LogP contribution in [-0.2, 0) is 4.74 Å². The first-order valence-corrected chi connectivity index (χ1v) is 7.21. The molecular formula is C17H23NO2. The Hall–Kier alpha value is -1.58. The summed E-state index contributed by atoms with van der Waals surface area (Å²) in [6.07, 6.45) is 1.03. The minimum atomic E-state index is -0.0498. The van der Waals surface area contributed by atoms with Crippen LogP contribution in [0.2, 0.25) is 0 Å². The van der Waals surface area contributed by atoms with Gasteiger partial charge in [-0.05, 0) is 18.7 Å². The van der Waals surface area contributed by atoms with Crippen LogP contribution in [0.4, 0.5) is 0 Å². The number of fused-ring (bicyclic) bond motifs is 1. The highest BCUT2D eigenvalue weighted by Gasteiger charge is 2.12. The minimum Gasteiger partial charge on any atom is -0.490 e. The lowest BCUT2D eigenvalue weighted by molar-refractivity contribution is 0.101. The molecule has 0 saturated carbocycles. The molecule has 0 fully saturated rings. The van der Waals surface area contributed by atoms with Crippen molar-refractivity contribution in [2.45, 2.75) is 26.3 Å². The average molecular weight is 273 g/mol. The summed E-state index contributed by atoms with van der Waals surface area (Å²) in [5, 5.41) is 2.28. The molecule has 0 amide bonds. The number of benzene rings is 2. The smallest absolute Gasteiger partial charge is 0.131 e. The van der Waals surface area contributed by atoms with E-state index in [9.17, 15) is 0 Å². The van der Waals surface area contributed by atoms with Crippen LogP contribution in [0, 0.1) is 0 Å². The van der Waals surface area contributed by atoms with E-state index >= 15 is 0 Å². The molecule has 2 aromatic carbocycles.